The van der Waals surface area contributed by atoms with Gasteiger partial charge in [0.2, 0.25) is 5.91 Å². The number of nitrogens with zero attached hydrogens (tertiary/aromatic N) is 1. The zero-order valence-electron chi connectivity index (χ0n) is 10.0. The Morgan fingerprint density at radius 2 is 1.95 bits per heavy atom. The van der Waals surface area contributed by atoms with E-state index in [-0.39, 0.29) is 11.6 Å². The van der Waals surface area contributed by atoms with E-state index >= 15 is 0 Å². The molecule has 8 heteroatoms. The second-order valence-electron chi connectivity index (χ2n) is 3.92. The molecule has 0 radical (unpaired) electrons. The van der Waals surface area contributed by atoms with E-state index in [0.717, 1.165) is 10.8 Å². The van der Waals surface area contributed by atoms with Crippen molar-refractivity contribution in [2.75, 3.05) is 5.32 Å². The second kappa shape index (κ2) is 5.70. The van der Waals surface area contributed by atoms with Crippen LogP contribution >= 0.6 is 11.6 Å². The van der Waals surface area contributed by atoms with Crippen molar-refractivity contribution in [1.29, 1.82) is 0 Å². The molecule has 104 valence electrons. The van der Waals surface area contributed by atoms with Crippen molar-refractivity contribution in [3.8, 4) is 0 Å². The van der Waals surface area contributed by atoms with Gasteiger partial charge in [-0.1, -0.05) is 11.6 Å². The molecule has 0 saturated carbocycles. The number of aromatic amines is 1. The molecule has 0 aliphatic carbocycles. The van der Waals surface area contributed by atoms with Crippen LogP contribution in [0.5, 0.6) is 0 Å². The molecule has 0 fully saturated rings. The van der Waals surface area contributed by atoms with Gasteiger partial charge in [-0.3, -0.25) is 19.1 Å². The maximum atomic E-state index is 12.7. The Kier molecular flexibility index (Phi) is 3.99. The molecule has 0 bridgehead atoms. The molecule has 0 unspecified atom stereocenters. The summed E-state index contributed by atoms with van der Waals surface area (Å²) in [6.45, 7) is -0.327. The summed E-state index contributed by atoms with van der Waals surface area (Å²) in [5.41, 5.74) is -1.07. The van der Waals surface area contributed by atoms with Gasteiger partial charge >= 0.3 is 5.69 Å². The summed E-state index contributed by atoms with van der Waals surface area (Å²) in [5, 5.41) is 2.28. The zero-order chi connectivity index (χ0) is 14.7. The van der Waals surface area contributed by atoms with E-state index in [1.54, 1.807) is 0 Å². The Morgan fingerprint density at radius 1 is 1.30 bits per heavy atom. The summed E-state index contributed by atoms with van der Waals surface area (Å²) < 4.78 is 13.7. The van der Waals surface area contributed by atoms with Crippen LogP contribution in [0.2, 0.25) is 5.02 Å². The maximum Gasteiger partial charge on any atom is 0.328 e. The summed E-state index contributed by atoms with van der Waals surface area (Å²) in [7, 11) is 0. The number of benzene rings is 1. The first-order valence-corrected chi connectivity index (χ1v) is 5.88. The van der Waals surface area contributed by atoms with Gasteiger partial charge < -0.3 is 5.32 Å². The molecule has 0 aliphatic rings. The summed E-state index contributed by atoms with van der Waals surface area (Å²) in [6.07, 6.45) is 1.08. The second-order valence-corrected chi connectivity index (χ2v) is 4.33. The minimum atomic E-state index is -0.742. The molecule has 20 heavy (non-hydrogen) atoms. The molecule has 0 spiro atoms. The van der Waals surface area contributed by atoms with Gasteiger partial charge in [0.25, 0.3) is 5.56 Å². The van der Waals surface area contributed by atoms with Crippen molar-refractivity contribution in [1.82, 2.24) is 9.55 Å². The van der Waals surface area contributed by atoms with Gasteiger partial charge in [-0.25, -0.2) is 9.18 Å². The molecule has 2 rings (SSSR count). The topological polar surface area (TPSA) is 84.0 Å². The van der Waals surface area contributed by atoms with E-state index in [4.69, 9.17) is 11.6 Å². The number of anilines is 1. The van der Waals surface area contributed by atoms with Crippen LogP contribution in [0.25, 0.3) is 0 Å². The molecule has 2 aromatic rings. The monoisotopic (exact) mass is 297 g/mol. The fourth-order valence-electron chi connectivity index (χ4n) is 1.49. The Balaban J connectivity index is 2.12. The van der Waals surface area contributed by atoms with Gasteiger partial charge in [-0.15, -0.1) is 0 Å². The van der Waals surface area contributed by atoms with E-state index in [1.165, 1.54) is 24.3 Å². The minimum Gasteiger partial charge on any atom is -0.325 e. The minimum absolute atomic E-state index is 0.195. The van der Waals surface area contributed by atoms with E-state index in [9.17, 15) is 18.8 Å². The molecule has 1 aromatic carbocycles. The fourth-order valence-corrected chi connectivity index (χ4v) is 1.65. The van der Waals surface area contributed by atoms with Crippen LogP contribution in [0.15, 0.2) is 40.1 Å². The standard InChI is InChI=1S/C12H9ClFN3O3/c13-9-5-17(12(20)16-11(9)19)6-10(18)15-8-3-1-7(14)2-4-8/h1-5H,6H2,(H,15,18)(H,16,19,20). The molecule has 0 saturated heterocycles. The quantitative estimate of drug-likeness (QED) is 0.885. The first kappa shape index (κ1) is 14.0. The summed E-state index contributed by atoms with van der Waals surface area (Å²) in [5.74, 6) is -0.937. The normalized spacial score (nSPS) is 10.3. The Hall–Kier alpha value is -2.41. The van der Waals surface area contributed by atoms with Gasteiger partial charge in [-0.05, 0) is 24.3 Å². The van der Waals surface area contributed by atoms with E-state index in [1.807, 2.05) is 4.98 Å². The van der Waals surface area contributed by atoms with Crippen LogP contribution in [0, 0.1) is 5.82 Å². The third-order valence-electron chi connectivity index (χ3n) is 2.41. The number of amides is 1. The fraction of sp³-hybridized carbons (Fsp3) is 0.0833. The number of carbonyl (C=O) groups is 1. The molecule has 1 amide bonds. The highest BCUT2D eigenvalue weighted by Gasteiger charge is 2.07. The van der Waals surface area contributed by atoms with Gasteiger partial charge in [0.05, 0.1) is 0 Å². The molecule has 0 atom stereocenters. The van der Waals surface area contributed by atoms with E-state index in [0.29, 0.717) is 5.69 Å². The average Bonchev–Trinajstić information content (AvgIpc) is 2.39. The third-order valence-corrected chi connectivity index (χ3v) is 2.68. The molecule has 6 nitrogen and oxygen atoms in total. The van der Waals surface area contributed by atoms with E-state index in [2.05, 4.69) is 5.32 Å². The summed E-state index contributed by atoms with van der Waals surface area (Å²) in [4.78, 5) is 36.2. The van der Waals surface area contributed by atoms with Crippen molar-refractivity contribution in [2.45, 2.75) is 6.54 Å². The molecule has 2 N–H and O–H groups in total. The van der Waals surface area contributed by atoms with Crippen LogP contribution in [0.4, 0.5) is 10.1 Å². The van der Waals surface area contributed by atoms with Crippen molar-refractivity contribution in [2.24, 2.45) is 0 Å². The van der Waals surface area contributed by atoms with Crippen LogP contribution in [-0.4, -0.2) is 15.5 Å². The number of nitrogens with one attached hydrogen (secondary N) is 2. The number of hydrogen-bond donors (Lipinski definition) is 2. The van der Waals surface area contributed by atoms with E-state index < -0.39 is 23.0 Å². The van der Waals surface area contributed by atoms with Crippen LogP contribution in [0.3, 0.4) is 0 Å². The lowest BCUT2D eigenvalue weighted by atomic mass is 10.3. The smallest absolute Gasteiger partial charge is 0.325 e. The first-order chi connectivity index (χ1) is 9.45. The van der Waals surface area contributed by atoms with Crippen molar-refractivity contribution < 1.29 is 9.18 Å². The highest BCUT2D eigenvalue weighted by Crippen LogP contribution is 2.08. The lowest BCUT2D eigenvalue weighted by Gasteiger charge is -2.07. The largest absolute Gasteiger partial charge is 0.328 e. The first-order valence-electron chi connectivity index (χ1n) is 5.50. The summed E-state index contributed by atoms with van der Waals surface area (Å²) >= 11 is 5.57. The van der Waals surface area contributed by atoms with Crippen molar-refractivity contribution in [3.63, 3.8) is 0 Å². The number of halogens is 2. The SMILES string of the molecule is O=C(Cn1cc(Cl)c(=O)[nH]c1=O)Nc1ccc(F)cc1. The third kappa shape index (κ3) is 3.33. The lowest BCUT2D eigenvalue weighted by Crippen LogP contribution is -2.33. The Morgan fingerprint density at radius 3 is 2.60 bits per heavy atom. The van der Waals surface area contributed by atoms with Crippen molar-refractivity contribution >= 4 is 23.2 Å². The number of rotatable bonds is 3. The summed E-state index contributed by atoms with van der Waals surface area (Å²) in [6, 6.07) is 5.16. The van der Waals surface area contributed by atoms with Crippen LogP contribution in [0.1, 0.15) is 0 Å². The highest BCUT2D eigenvalue weighted by molar-refractivity contribution is 6.30. The average molecular weight is 298 g/mol. The van der Waals surface area contributed by atoms with Crippen LogP contribution in [-0.2, 0) is 11.3 Å². The van der Waals surface area contributed by atoms with Gasteiger partial charge in [0, 0.05) is 11.9 Å². The predicted octanol–water partition coefficient (Wildman–Crippen LogP) is 0.968. The van der Waals surface area contributed by atoms with Gasteiger partial charge in [-0.2, -0.15) is 0 Å². The van der Waals surface area contributed by atoms with Crippen molar-refractivity contribution in [3.05, 3.63) is 62.1 Å². The number of H-pyrrole nitrogens is 1. The number of hydrogen-bond acceptors (Lipinski definition) is 3. The molecular formula is C12H9ClFN3O3. The lowest BCUT2D eigenvalue weighted by molar-refractivity contribution is -0.116. The highest BCUT2D eigenvalue weighted by atomic mass is 35.5. The van der Waals surface area contributed by atoms with Gasteiger partial charge in [0.1, 0.15) is 17.4 Å². The molecule has 0 aliphatic heterocycles. The zero-order valence-corrected chi connectivity index (χ0v) is 10.8. The Labute approximate surface area is 116 Å². The molecule has 1 aromatic heterocycles. The maximum absolute atomic E-state index is 12.7. The predicted molar refractivity (Wildman–Crippen MR) is 71.4 cm³/mol. The number of aromatic nitrogens is 2. The molecule has 1 heterocycles. The number of carbonyl (C=O) groups excluding carboxylic acids is 1. The van der Waals surface area contributed by atoms with Crippen LogP contribution < -0.4 is 16.6 Å². The van der Waals surface area contributed by atoms with Gasteiger partial charge in [0.15, 0.2) is 0 Å². The Bertz CT molecular complexity index is 752. The molecular weight excluding hydrogens is 289 g/mol.